The topological polar surface area (TPSA) is 93.4 Å². The predicted molar refractivity (Wildman–Crippen MR) is 105 cm³/mol. The van der Waals surface area contributed by atoms with E-state index in [1.807, 2.05) is 32.0 Å². The summed E-state index contributed by atoms with van der Waals surface area (Å²) < 4.78 is 24.6. The molecule has 27 heavy (non-hydrogen) atoms. The number of carbonyl (C=O) groups excluding carboxylic acids is 1. The molecule has 1 aromatic carbocycles. The molecule has 1 saturated heterocycles. The van der Waals surface area contributed by atoms with Crippen LogP contribution < -0.4 is 5.43 Å². The molecule has 9 heteroatoms. The average Bonchev–Trinajstić information content (AvgIpc) is 3.10. The van der Waals surface area contributed by atoms with E-state index in [0.717, 1.165) is 16.8 Å². The van der Waals surface area contributed by atoms with E-state index < -0.39 is 21.7 Å². The smallest absolute Gasteiger partial charge is 0.244 e. The van der Waals surface area contributed by atoms with Crippen molar-refractivity contribution in [3.8, 4) is 5.69 Å². The average molecular weight is 409 g/mol. The number of nitrogens with one attached hydrogen (secondary N) is 1. The Morgan fingerprint density at radius 2 is 2.11 bits per heavy atom. The Balaban J connectivity index is 1.78. The summed E-state index contributed by atoms with van der Waals surface area (Å²) in [6.45, 7) is 5.78. The van der Waals surface area contributed by atoms with Crippen LogP contribution in [0.3, 0.4) is 0 Å². The van der Waals surface area contributed by atoms with Crippen LogP contribution in [-0.2, 0) is 14.6 Å². The Morgan fingerprint density at radius 3 is 2.78 bits per heavy atom. The fourth-order valence-corrected chi connectivity index (χ4v) is 5.07. The first-order valence-corrected chi connectivity index (χ1v) is 10.7. The Morgan fingerprint density at radius 1 is 1.37 bits per heavy atom. The van der Waals surface area contributed by atoms with Crippen molar-refractivity contribution in [1.29, 1.82) is 0 Å². The van der Waals surface area contributed by atoms with Crippen molar-refractivity contribution in [3.63, 3.8) is 0 Å². The van der Waals surface area contributed by atoms with Crippen LogP contribution in [0.2, 0.25) is 5.15 Å². The highest BCUT2D eigenvalue weighted by atomic mass is 35.5. The first kappa shape index (κ1) is 19.6. The minimum atomic E-state index is -3.11. The van der Waals surface area contributed by atoms with E-state index >= 15 is 0 Å². The van der Waals surface area contributed by atoms with Gasteiger partial charge in [-0.25, -0.2) is 18.5 Å². The van der Waals surface area contributed by atoms with Crippen molar-refractivity contribution in [2.24, 2.45) is 11.0 Å². The summed E-state index contributed by atoms with van der Waals surface area (Å²) in [5.74, 6) is -1.04. The molecule has 1 atom stereocenters. The quantitative estimate of drug-likeness (QED) is 0.620. The summed E-state index contributed by atoms with van der Waals surface area (Å²) in [4.78, 5) is 12.1. The maximum absolute atomic E-state index is 12.1. The molecule has 0 spiro atoms. The molecular formula is C18H21ClN4O3S. The minimum Gasteiger partial charge on any atom is -0.273 e. The fourth-order valence-electron chi connectivity index (χ4n) is 3.02. The monoisotopic (exact) mass is 408 g/mol. The van der Waals surface area contributed by atoms with Gasteiger partial charge in [0.25, 0.3) is 0 Å². The largest absolute Gasteiger partial charge is 0.273 e. The molecule has 7 nitrogen and oxygen atoms in total. The summed E-state index contributed by atoms with van der Waals surface area (Å²) >= 11 is 6.49. The number of halogens is 1. The van der Waals surface area contributed by atoms with Crippen LogP contribution in [0.25, 0.3) is 5.69 Å². The Hall–Kier alpha value is -2.19. The van der Waals surface area contributed by atoms with Gasteiger partial charge < -0.3 is 0 Å². The predicted octanol–water partition coefficient (Wildman–Crippen LogP) is 2.34. The Bertz CT molecular complexity index is 1030. The van der Waals surface area contributed by atoms with Gasteiger partial charge in [-0.05, 0) is 44.4 Å². The van der Waals surface area contributed by atoms with E-state index in [1.165, 1.54) is 6.21 Å². The zero-order valence-corrected chi connectivity index (χ0v) is 16.9. The van der Waals surface area contributed by atoms with Gasteiger partial charge in [-0.2, -0.15) is 10.2 Å². The van der Waals surface area contributed by atoms with Crippen molar-refractivity contribution in [1.82, 2.24) is 15.2 Å². The molecule has 144 valence electrons. The molecular weight excluding hydrogens is 388 g/mol. The van der Waals surface area contributed by atoms with Crippen LogP contribution in [0.4, 0.5) is 0 Å². The first-order valence-electron chi connectivity index (χ1n) is 8.54. The first-order chi connectivity index (χ1) is 12.7. The number of amides is 1. The molecule has 1 amide bonds. The van der Waals surface area contributed by atoms with Gasteiger partial charge in [-0.1, -0.05) is 23.7 Å². The molecule has 0 saturated carbocycles. The van der Waals surface area contributed by atoms with Gasteiger partial charge in [-0.15, -0.1) is 0 Å². The molecule has 0 bridgehead atoms. The van der Waals surface area contributed by atoms with E-state index in [2.05, 4.69) is 15.6 Å². The fraction of sp³-hybridized carbons (Fsp3) is 0.389. The minimum absolute atomic E-state index is 0.0440. The number of sulfone groups is 1. The van der Waals surface area contributed by atoms with E-state index in [-0.39, 0.29) is 11.5 Å². The second kappa shape index (κ2) is 7.44. The Kier molecular flexibility index (Phi) is 5.39. The normalized spacial score (nSPS) is 18.9. The standard InChI is InChI=1S/C18H21ClN4O3S/c1-11-4-5-12(2)16(8-11)23-17(19)15(13(3)22-23)9-20-21-18(24)14-6-7-27(25,26)10-14/h4-5,8-9,14H,6-7,10H2,1-3H3,(H,21,24)/b20-9-/t14-/m0/s1. The van der Waals surface area contributed by atoms with Crippen LogP contribution in [0, 0.1) is 26.7 Å². The Labute approximate surface area is 163 Å². The summed E-state index contributed by atoms with van der Waals surface area (Å²) in [5, 5.41) is 8.81. The van der Waals surface area contributed by atoms with Crippen molar-refractivity contribution in [2.75, 3.05) is 11.5 Å². The van der Waals surface area contributed by atoms with Gasteiger partial charge in [-0.3, -0.25) is 4.79 Å². The highest BCUT2D eigenvalue weighted by Gasteiger charge is 2.32. The van der Waals surface area contributed by atoms with Crippen LogP contribution in [0.15, 0.2) is 23.3 Å². The second-order valence-corrected chi connectivity index (χ2v) is 9.41. The van der Waals surface area contributed by atoms with Crippen LogP contribution in [0.1, 0.15) is 28.8 Å². The molecule has 2 aromatic rings. The third-order valence-corrected chi connectivity index (χ3v) is 6.74. The number of hydrazone groups is 1. The molecule has 1 aliphatic rings. The number of carbonyl (C=O) groups is 1. The molecule has 1 fully saturated rings. The van der Waals surface area contributed by atoms with Gasteiger partial charge in [0.15, 0.2) is 9.84 Å². The number of aromatic nitrogens is 2. The van der Waals surface area contributed by atoms with Crippen molar-refractivity contribution >= 4 is 33.6 Å². The molecule has 1 aliphatic heterocycles. The van der Waals surface area contributed by atoms with Gasteiger partial charge in [0.2, 0.25) is 5.91 Å². The van der Waals surface area contributed by atoms with Gasteiger partial charge in [0.1, 0.15) is 5.15 Å². The SMILES string of the molecule is Cc1ccc(C)c(-n2nc(C)c(/C=N\NC(=O)[C@H]3CCS(=O)(=O)C3)c2Cl)c1. The third kappa shape index (κ3) is 4.22. The van der Waals surface area contributed by atoms with Crippen molar-refractivity contribution in [3.05, 3.63) is 45.7 Å². The van der Waals surface area contributed by atoms with Crippen LogP contribution >= 0.6 is 11.6 Å². The second-order valence-electron chi connectivity index (χ2n) is 6.83. The molecule has 2 heterocycles. The number of hydrogen-bond acceptors (Lipinski definition) is 5. The van der Waals surface area contributed by atoms with Gasteiger partial charge in [0, 0.05) is 0 Å². The molecule has 0 unspecified atom stereocenters. The van der Waals surface area contributed by atoms with E-state index in [9.17, 15) is 13.2 Å². The highest BCUT2D eigenvalue weighted by Crippen LogP contribution is 2.25. The van der Waals surface area contributed by atoms with Gasteiger partial charge >= 0.3 is 0 Å². The lowest BCUT2D eigenvalue weighted by molar-refractivity contribution is -0.124. The van der Waals surface area contributed by atoms with E-state index in [0.29, 0.717) is 22.8 Å². The summed E-state index contributed by atoms with van der Waals surface area (Å²) in [6, 6.07) is 6.02. The third-order valence-electron chi connectivity index (χ3n) is 4.61. The number of aryl methyl sites for hydroxylation is 3. The zero-order valence-electron chi connectivity index (χ0n) is 15.4. The maximum Gasteiger partial charge on any atom is 0.244 e. The van der Waals surface area contributed by atoms with E-state index in [4.69, 9.17) is 11.6 Å². The molecule has 1 aromatic heterocycles. The molecule has 0 radical (unpaired) electrons. The maximum atomic E-state index is 12.1. The van der Waals surface area contributed by atoms with Crippen LogP contribution in [0.5, 0.6) is 0 Å². The highest BCUT2D eigenvalue weighted by molar-refractivity contribution is 7.91. The lowest BCUT2D eigenvalue weighted by Gasteiger charge is -2.08. The number of nitrogens with zero attached hydrogens (tertiary/aromatic N) is 3. The van der Waals surface area contributed by atoms with Crippen molar-refractivity contribution in [2.45, 2.75) is 27.2 Å². The van der Waals surface area contributed by atoms with Crippen molar-refractivity contribution < 1.29 is 13.2 Å². The summed E-state index contributed by atoms with van der Waals surface area (Å²) in [5.41, 5.74) is 6.67. The van der Waals surface area contributed by atoms with Gasteiger partial charge in [0.05, 0.1) is 40.6 Å². The number of hydrogen-bond donors (Lipinski definition) is 1. The molecule has 1 N–H and O–H groups in total. The van der Waals surface area contributed by atoms with Crippen LogP contribution in [-0.4, -0.2) is 41.8 Å². The van der Waals surface area contributed by atoms with E-state index in [1.54, 1.807) is 11.6 Å². The number of benzene rings is 1. The zero-order chi connectivity index (χ0) is 19.8. The molecule has 0 aliphatic carbocycles. The number of rotatable bonds is 4. The lowest BCUT2D eigenvalue weighted by atomic mass is 10.1. The lowest BCUT2D eigenvalue weighted by Crippen LogP contribution is -2.27. The summed E-state index contributed by atoms with van der Waals surface area (Å²) in [7, 11) is -3.11. The summed E-state index contributed by atoms with van der Waals surface area (Å²) in [6.07, 6.45) is 1.77. The molecule has 3 rings (SSSR count).